The third-order valence-electron chi connectivity index (χ3n) is 17.2. The molecule has 0 fully saturated rings. The smallest absolute Gasteiger partial charge is 0.228 e. The van der Waals surface area contributed by atoms with Crippen LogP contribution in [-0.2, 0) is 32.5 Å². The molecule has 344 valence electrons. The first kappa shape index (κ1) is 45.7. The molecule has 0 spiro atoms. The average Bonchev–Trinajstić information content (AvgIpc) is 3.39. The highest BCUT2D eigenvalue weighted by Gasteiger charge is 2.54. The second-order valence-electron chi connectivity index (χ2n) is 27.0. The Labute approximate surface area is 404 Å². The van der Waals surface area contributed by atoms with Crippen LogP contribution in [-0.4, -0.2) is 12.1 Å². The molecule has 2 nitrogen and oxygen atoms in total. The van der Waals surface area contributed by atoms with Gasteiger partial charge in [0.1, 0.15) is 0 Å². The molecule has 3 heterocycles. The Kier molecular flexibility index (Phi) is 10.0. The van der Waals surface area contributed by atoms with E-state index in [1.54, 1.807) is 0 Å². The summed E-state index contributed by atoms with van der Waals surface area (Å²) in [4.78, 5) is 6.79. The van der Waals surface area contributed by atoms with Crippen molar-refractivity contribution < 1.29 is 0 Å². The lowest BCUT2D eigenvalue weighted by Crippen LogP contribution is -2.62. The molecule has 0 N–H and O–H groups in total. The van der Waals surface area contributed by atoms with Gasteiger partial charge in [-0.25, -0.2) is 0 Å². The molecule has 2 bridgehead atoms. The zero-order chi connectivity index (χ0) is 47.6. The SMILES string of the molecule is Cc1cc(C(C)(C)C)ccc1N1c2cc(C(C)(C)C)cc3c2B(c2cc4c(cc2N3c2ccc3c(c2)C(C)(C)CCC3(C)C)C(C)(C)CCC4(C)C)C2C3=C=C(C=CC(C(C)(C)C)=C3)S[C@H]21. The van der Waals surface area contributed by atoms with Crippen molar-refractivity contribution in [1.82, 2.24) is 0 Å². The van der Waals surface area contributed by atoms with E-state index in [1.165, 1.54) is 120 Å². The minimum absolute atomic E-state index is 0.00741. The highest BCUT2D eigenvalue weighted by atomic mass is 32.2. The third kappa shape index (κ3) is 7.11. The van der Waals surface area contributed by atoms with E-state index in [9.17, 15) is 0 Å². The summed E-state index contributed by atoms with van der Waals surface area (Å²) in [5, 5.41) is 0.114. The first-order valence-electron chi connectivity index (χ1n) is 25.3. The summed E-state index contributed by atoms with van der Waals surface area (Å²) >= 11 is 2.04. The minimum atomic E-state index is -0.0871. The van der Waals surface area contributed by atoms with E-state index in [-0.39, 0.29) is 55.8 Å². The number of hydrogen-bond donors (Lipinski definition) is 0. The molecule has 0 saturated heterocycles. The summed E-state index contributed by atoms with van der Waals surface area (Å²) in [7, 11) is 0. The van der Waals surface area contributed by atoms with E-state index in [0.29, 0.717) is 0 Å². The van der Waals surface area contributed by atoms with Crippen molar-refractivity contribution in [2.24, 2.45) is 5.41 Å². The van der Waals surface area contributed by atoms with E-state index < -0.39 is 0 Å². The monoisotopic (exact) mass is 893 g/mol. The summed E-state index contributed by atoms with van der Waals surface area (Å²) in [6.45, 7) is 43.7. The number of aryl methyl sites for hydroxylation is 1. The van der Waals surface area contributed by atoms with Gasteiger partial charge < -0.3 is 9.80 Å². The van der Waals surface area contributed by atoms with Crippen molar-refractivity contribution in [3.63, 3.8) is 0 Å². The number of benzene rings is 4. The standard InChI is InChI=1S/C62H77BN2S/c1-37-29-39(56(2,3)4)20-24-49(37)65-52-33-41(58(8,9)10)32-51-54(52)63(53-38-30-40(57(5,6)7)19-22-43(31-38)66-55(53)65)48-35-46-47(62(17,18)28-27-61(46,15)16)36-50(48)64(51)42-21-23-44-45(34-42)60(13,14)26-25-59(44,11)12/h19-24,29-30,32-36,53,55H,25-28H2,1-18H3/t53?,55-/m1/s1. The summed E-state index contributed by atoms with van der Waals surface area (Å²) in [5.74, 6) is 0.145. The zero-order valence-electron chi connectivity index (χ0n) is 43.9. The van der Waals surface area contributed by atoms with Gasteiger partial charge in [0, 0.05) is 34.3 Å². The topological polar surface area (TPSA) is 6.48 Å². The Bertz CT molecular complexity index is 2870. The lowest BCUT2D eigenvalue weighted by Gasteiger charge is -2.53. The molecule has 4 aromatic rings. The maximum atomic E-state index is 4.12. The maximum Gasteiger partial charge on any atom is 0.228 e. The molecule has 0 saturated carbocycles. The molecule has 10 rings (SSSR count). The normalized spacial score (nSPS) is 23.1. The van der Waals surface area contributed by atoms with Gasteiger partial charge in [-0.2, -0.15) is 0 Å². The van der Waals surface area contributed by atoms with Crippen molar-refractivity contribution in [2.45, 2.75) is 194 Å². The predicted octanol–water partition coefficient (Wildman–Crippen LogP) is 16.2. The zero-order valence-corrected chi connectivity index (χ0v) is 44.7. The molecule has 3 aliphatic heterocycles. The summed E-state index contributed by atoms with van der Waals surface area (Å²) in [5.41, 5.74) is 26.9. The van der Waals surface area contributed by atoms with Crippen LogP contribution in [0.15, 0.2) is 101 Å². The Morgan fingerprint density at radius 2 is 1.15 bits per heavy atom. The molecule has 0 amide bonds. The van der Waals surface area contributed by atoms with Crippen LogP contribution in [0.1, 0.15) is 182 Å². The molecule has 0 aromatic heterocycles. The Morgan fingerprint density at radius 1 is 0.576 bits per heavy atom. The van der Waals surface area contributed by atoms with Crippen LogP contribution in [0.3, 0.4) is 0 Å². The fourth-order valence-corrected chi connectivity index (χ4v) is 13.9. The molecule has 0 radical (unpaired) electrons. The van der Waals surface area contributed by atoms with Gasteiger partial charge in [-0.3, -0.25) is 0 Å². The van der Waals surface area contributed by atoms with Crippen LogP contribution in [0.5, 0.6) is 0 Å². The Morgan fingerprint density at radius 3 is 1.74 bits per heavy atom. The lowest BCUT2D eigenvalue weighted by molar-refractivity contribution is 0.332. The van der Waals surface area contributed by atoms with Gasteiger partial charge in [-0.1, -0.05) is 160 Å². The van der Waals surface area contributed by atoms with Gasteiger partial charge in [0.2, 0.25) is 6.71 Å². The second kappa shape index (κ2) is 14.5. The van der Waals surface area contributed by atoms with Gasteiger partial charge in [-0.15, -0.1) is 5.73 Å². The molecule has 66 heavy (non-hydrogen) atoms. The van der Waals surface area contributed by atoms with Gasteiger partial charge in [0.25, 0.3) is 0 Å². The molecular formula is C62H77BN2S. The highest BCUT2D eigenvalue weighted by Crippen LogP contribution is 2.58. The number of fused-ring (bicyclic) bond motifs is 7. The largest absolute Gasteiger partial charge is 0.329 e. The van der Waals surface area contributed by atoms with Crippen LogP contribution < -0.4 is 20.7 Å². The van der Waals surface area contributed by atoms with Crippen LogP contribution in [0.4, 0.5) is 28.4 Å². The van der Waals surface area contributed by atoms with Crippen LogP contribution in [0.25, 0.3) is 0 Å². The van der Waals surface area contributed by atoms with E-state index >= 15 is 0 Å². The summed E-state index contributed by atoms with van der Waals surface area (Å²) in [6, 6.07) is 25.6. The Hall–Kier alpha value is -4.11. The molecule has 4 aromatic carbocycles. The average molecular weight is 893 g/mol. The van der Waals surface area contributed by atoms with E-state index in [1.807, 2.05) is 11.8 Å². The van der Waals surface area contributed by atoms with Gasteiger partial charge in [0.05, 0.1) is 10.3 Å². The third-order valence-corrected chi connectivity index (χ3v) is 18.4. The van der Waals surface area contributed by atoms with Gasteiger partial charge >= 0.3 is 0 Å². The quantitative estimate of drug-likeness (QED) is 0.146. The number of rotatable bonds is 2. The van der Waals surface area contributed by atoms with Crippen LogP contribution in [0, 0.1) is 12.3 Å². The Balaban J connectivity index is 1.36. The van der Waals surface area contributed by atoms with Crippen molar-refractivity contribution >= 4 is 57.8 Å². The lowest BCUT2D eigenvalue weighted by atomic mass is 9.29. The number of hydrogen-bond acceptors (Lipinski definition) is 3. The number of allylic oxidation sites excluding steroid dienone is 3. The number of thioether (sulfide) groups is 1. The van der Waals surface area contributed by atoms with E-state index in [2.05, 4.69) is 219 Å². The molecule has 3 aliphatic carbocycles. The number of nitrogens with zero attached hydrogens (tertiary/aromatic N) is 2. The van der Waals surface area contributed by atoms with Gasteiger partial charge in [-0.05, 0) is 180 Å². The fourth-order valence-electron chi connectivity index (χ4n) is 12.5. The van der Waals surface area contributed by atoms with Crippen LogP contribution >= 0.6 is 11.8 Å². The maximum absolute atomic E-state index is 4.12. The fraction of sp³-hybridized carbons (Fsp3) is 0.500. The van der Waals surface area contributed by atoms with E-state index in [0.717, 1.165) is 0 Å². The molecule has 6 aliphatic rings. The highest BCUT2D eigenvalue weighted by molar-refractivity contribution is 8.04. The van der Waals surface area contributed by atoms with Crippen molar-refractivity contribution in [3.8, 4) is 0 Å². The molecular weight excluding hydrogens is 816 g/mol. The number of anilines is 5. The molecule has 2 atom stereocenters. The van der Waals surface area contributed by atoms with E-state index in [4.69, 9.17) is 0 Å². The van der Waals surface area contributed by atoms with Crippen LogP contribution in [0.2, 0.25) is 5.82 Å². The summed E-state index contributed by atoms with van der Waals surface area (Å²) in [6.07, 6.45) is 12.1. The van der Waals surface area contributed by atoms with Gasteiger partial charge in [0.15, 0.2) is 0 Å². The second-order valence-corrected chi connectivity index (χ2v) is 28.2. The first-order chi connectivity index (χ1) is 30.5. The molecule has 4 heteroatoms. The van der Waals surface area contributed by atoms with Crippen molar-refractivity contribution in [3.05, 3.63) is 140 Å². The molecule has 1 unspecified atom stereocenters. The van der Waals surface area contributed by atoms with Crippen molar-refractivity contribution in [2.75, 3.05) is 9.80 Å². The summed E-state index contributed by atoms with van der Waals surface area (Å²) < 4.78 is 0. The first-order valence-corrected chi connectivity index (χ1v) is 26.2. The minimum Gasteiger partial charge on any atom is -0.329 e. The predicted molar refractivity (Wildman–Crippen MR) is 290 cm³/mol. The van der Waals surface area contributed by atoms with Crippen molar-refractivity contribution in [1.29, 1.82) is 0 Å².